The fraction of sp³-hybridized carbons (Fsp3) is 0.739. The van der Waals surface area contributed by atoms with Crippen molar-refractivity contribution in [2.75, 3.05) is 46.0 Å². The Morgan fingerprint density at radius 2 is 1.56 bits per heavy atom. The second kappa shape index (κ2) is 13.7. The summed E-state index contributed by atoms with van der Waals surface area (Å²) in [6.45, 7) is 4.56. The summed E-state index contributed by atoms with van der Waals surface area (Å²) >= 11 is 0. The maximum Gasteiger partial charge on any atom is 0.416 e. The lowest BCUT2D eigenvalue weighted by molar-refractivity contribution is -0.137. The van der Waals surface area contributed by atoms with E-state index in [0.29, 0.717) is 32.5 Å². The van der Waals surface area contributed by atoms with Crippen molar-refractivity contribution in [3.63, 3.8) is 0 Å². The van der Waals surface area contributed by atoms with Crippen LogP contribution in [0.1, 0.15) is 51.0 Å². The van der Waals surface area contributed by atoms with Gasteiger partial charge in [-0.15, -0.1) is 0 Å². The van der Waals surface area contributed by atoms with Crippen molar-refractivity contribution in [3.8, 4) is 0 Å². The van der Waals surface area contributed by atoms with Crippen molar-refractivity contribution in [2.45, 2.75) is 68.7 Å². The third kappa shape index (κ3) is 8.46. The third-order valence-corrected chi connectivity index (χ3v) is 8.25. The number of sulfonamides is 1. The van der Waals surface area contributed by atoms with Crippen LogP contribution in [0.25, 0.3) is 0 Å². The summed E-state index contributed by atoms with van der Waals surface area (Å²) in [6, 6.07) is 3.45. The lowest BCUT2D eigenvalue weighted by Crippen LogP contribution is -2.43. The molecule has 0 radical (unpaired) electrons. The van der Waals surface area contributed by atoms with Crippen molar-refractivity contribution in [1.82, 2.24) is 9.21 Å². The van der Waals surface area contributed by atoms with Gasteiger partial charge in [-0.3, -0.25) is 4.90 Å². The van der Waals surface area contributed by atoms with Crippen molar-refractivity contribution < 1.29 is 36.5 Å². The summed E-state index contributed by atoms with van der Waals surface area (Å²) < 4.78 is 71.9. The number of aliphatic hydroxyl groups excluding tert-OH is 2. The van der Waals surface area contributed by atoms with Gasteiger partial charge in [-0.1, -0.05) is 6.92 Å². The number of rotatable bonds is 14. The molecule has 0 aliphatic heterocycles. The fourth-order valence-corrected chi connectivity index (χ4v) is 6.08. The van der Waals surface area contributed by atoms with Crippen LogP contribution in [0.3, 0.4) is 0 Å². The number of hydrogen-bond acceptors (Lipinski definition) is 6. The number of benzene rings is 1. The van der Waals surface area contributed by atoms with Gasteiger partial charge in [-0.25, -0.2) is 8.42 Å². The first-order chi connectivity index (χ1) is 16.1. The van der Waals surface area contributed by atoms with E-state index in [2.05, 4.69) is 0 Å². The second-order valence-corrected chi connectivity index (χ2v) is 10.4. The standard InChI is InChI=1S/C23H37F3N2O5S/c1-2-28(34(31,32)22-11-5-19(6-12-22)23(24,25)26)20-7-9-21(10-8-20)33-18-4-3-13-27(14-16-29)15-17-30/h5-6,11-12,20-21,29-30H,2-4,7-10,13-18H2,1H3/t20-,21-. The molecule has 1 saturated carbocycles. The van der Waals surface area contributed by atoms with Gasteiger partial charge in [0.1, 0.15) is 0 Å². The van der Waals surface area contributed by atoms with Crippen LogP contribution in [0.5, 0.6) is 0 Å². The van der Waals surface area contributed by atoms with E-state index in [1.807, 2.05) is 4.90 Å². The topological polar surface area (TPSA) is 90.3 Å². The zero-order chi connectivity index (χ0) is 25.2. The Labute approximate surface area is 200 Å². The molecule has 196 valence electrons. The first kappa shape index (κ1) is 29.0. The van der Waals surface area contributed by atoms with Gasteiger partial charge in [0.25, 0.3) is 0 Å². The predicted molar refractivity (Wildman–Crippen MR) is 123 cm³/mol. The number of unbranched alkanes of at least 4 members (excludes halogenated alkanes) is 1. The smallest absolute Gasteiger partial charge is 0.395 e. The summed E-state index contributed by atoms with van der Waals surface area (Å²) in [7, 11) is -3.89. The average Bonchev–Trinajstić information content (AvgIpc) is 2.80. The summed E-state index contributed by atoms with van der Waals surface area (Å²) in [6.07, 6.45) is 0.0351. The Bertz CT molecular complexity index is 807. The molecule has 2 N–H and O–H groups in total. The Morgan fingerprint density at radius 1 is 0.971 bits per heavy atom. The highest BCUT2D eigenvalue weighted by Crippen LogP contribution is 2.32. The highest BCUT2D eigenvalue weighted by Gasteiger charge is 2.35. The van der Waals surface area contributed by atoms with Gasteiger partial charge in [0.15, 0.2) is 0 Å². The summed E-state index contributed by atoms with van der Waals surface area (Å²) in [4.78, 5) is 1.87. The maximum absolute atomic E-state index is 13.1. The molecule has 0 amide bonds. The molecule has 7 nitrogen and oxygen atoms in total. The number of alkyl halides is 3. The van der Waals surface area contributed by atoms with E-state index in [4.69, 9.17) is 14.9 Å². The molecule has 0 bridgehead atoms. The summed E-state index contributed by atoms with van der Waals surface area (Å²) in [5, 5.41) is 18.1. The van der Waals surface area contributed by atoms with Crippen molar-refractivity contribution in [3.05, 3.63) is 29.8 Å². The van der Waals surface area contributed by atoms with Gasteiger partial charge in [-0.2, -0.15) is 17.5 Å². The first-order valence-corrected chi connectivity index (χ1v) is 13.3. The highest BCUT2D eigenvalue weighted by atomic mass is 32.2. The van der Waals surface area contributed by atoms with E-state index in [0.717, 1.165) is 56.5 Å². The van der Waals surface area contributed by atoms with E-state index < -0.39 is 21.8 Å². The molecular weight excluding hydrogens is 473 g/mol. The molecule has 0 atom stereocenters. The van der Waals surface area contributed by atoms with Gasteiger partial charge in [0.2, 0.25) is 10.0 Å². The molecule has 34 heavy (non-hydrogen) atoms. The van der Waals surface area contributed by atoms with Crippen LogP contribution in [0.2, 0.25) is 0 Å². The molecular formula is C23H37F3N2O5S. The van der Waals surface area contributed by atoms with Crippen LogP contribution >= 0.6 is 0 Å². The molecule has 0 unspecified atom stereocenters. The molecule has 1 aliphatic carbocycles. The van der Waals surface area contributed by atoms with E-state index in [-0.39, 0.29) is 36.8 Å². The lowest BCUT2D eigenvalue weighted by atomic mass is 9.93. The Kier molecular flexibility index (Phi) is 11.7. The number of ether oxygens (including phenoxy) is 1. The molecule has 0 spiro atoms. The van der Waals surface area contributed by atoms with Gasteiger partial charge in [-0.05, 0) is 69.3 Å². The van der Waals surface area contributed by atoms with Crippen LogP contribution < -0.4 is 0 Å². The Balaban J connectivity index is 1.81. The molecule has 0 heterocycles. The van der Waals surface area contributed by atoms with E-state index in [1.165, 1.54) is 4.31 Å². The third-order valence-electron chi connectivity index (χ3n) is 6.21. The van der Waals surface area contributed by atoms with Crippen LogP contribution in [-0.4, -0.2) is 86.0 Å². The first-order valence-electron chi connectivity index (χ1n) is 11.9. The Morgan fingerprint density at radius 3 is 2.06 bits per heavy atom. The second-order valence-electron chi connectivity index (χ2n) is 8.53. The van der Waals surface area contributed by atoms with E-state index in [1.54, 1.807) is 6.92 Å². The lowest BCUT2D eigenvalue weighted by Gasteiger charge is -2.35. The molecule has 0 aromatic heterocycles. The van der Waals surface area contributed by atoms with Gasteiger partial charge >= 0.3 is 6.18 Å². The van der Waals surface area contributed by atoms with E-state index >= 15 is 0 Å². The SMILES string of the molecule is CCN([C@H]1CC[C@H](OCCCCN(CCO)CCO)CC1)S(=O)(=O)c1ccc(C(F)(F)F)cc1. The molecule has 11 heteroatoms. The highest BCUT2D eigenvalue weighted by molar-refractivity contribution is 7.89. The maximum atomic E-state index is 13.1. The minimum Gasteiger partial charge on any atom is -0.395 e. The number of nitrogens with zero attached hydrogens (tertiary/aromatic N) is 2. The van der Waals surface area contributed by atoms with Crippen molar-refractivity contribution in [1.29, 1.82) is 0 Å². The molecule has 1 aromatic rings. The van der Waals surface area contributed by atoms with Crippen LogP contribution in [-0.2, 0) is 20.9 Å². The normalized spacial score (nSPS) is 19.8. The quantitative estimate of drug-likeness (QED) is 0.374. The van der Waals surface area contributed by atoms with Crippen molar-refractivity contribution >= 4 is 10.0 Å². The number of hydrogen-bond donors (Lipinski definition) is 2. The summed E-state index contributed by atoms with van der Waals surface area (Å²) in [5.74, 6) is 0. The number of aliphatic hydroxyl groups is 2. The van der Waals surface area contributed by atoms with Crippen LogP contribution in [0.4, 0.5) is 13.2 Å². The minimum absolute atomic E-state index is 0.0586. The van der Waals surface area contributed by atoms with Gasteiger partial charge < -0.3 is 14.9 Å². The van der Waals surface area contributed by atoms with E-state index in [9.17, 15) is 21.6 Å². The zero-order valence-electron chi connectivity index (χ0n) is 19.7. The zero-order valence-corrected chi connectivity index (χ0v) is 20.5. The number of halogens is 3. The van der Waals surface area contributed by atoms with Crippen molar-refractivity contribution in [2.24, 2.45) is 0 Å². The molecule has 1 aromatic carbocycles. The van der Waals surface area contributed by atoms with Gasteiger partial charge in [0.05, 0.1) is 29.8 Å². The molecule has 0 saturated heterocycles. The molecule has 1 aliphatic rings. The predicted octanol–water partition coefficient (Wildman–Crippen LogP) is 3.11. The van der Waals surface area contributed by atoms with Gasteiger partial charge in [0, 0.05) is 32.3 Å². The summed E-state index contributed by atoms with van der Waals surface area (Å²) in [5.41, 5.74) is -0.873. The monoisotopic (exact) mass is 510 g/mol. The Hall–Kier alpha value is -1.24. The largest absolute Gasteiger partial charge is 0.416 e. The fourth-order valence-electron chi connectivity index (χ4n) is 4.38. The van der Waals surface area contributed by atoms with Crippen LogP contribution in [0, 0.1) is 0 Å². The average molecular weight is 511 g/mol. The molecule has 2 rings (SSSR count). The van der Waals surface area contributed by atoms with Crippen LogP contribution in [0.15, 0.2) is 29.2 Å². The molecule has 1 fully saturated rings. The minimum atomic E-state index is -4.51.